The first-order valence-corrected chi connectivity index (χ1v) is 6.07. The lowest BCUT2D eigenvalue weighted by Crippen LogP contribution is -2.46. The van der Waals surface area contributed by atoms with Gasteiger partial charge in [-0.2, -0.15) is 0 Å². The molecule has 0 aromatic carbocycles. The molecule has 1 aliphatic rings. The highest BCUT2D eigenvalue weighted by Crippen LogP contribution is 2.20. The van der Waals surface area contributed by atoms with E-state index >= 15 is 0 Å². The van der Waals surface area contributed by atoms with Crippen molar-refractivity contribution in [2.75, 3.05) is 33.7 Å². The highest BCUT2D eigenvalue weighted by Gasteiger charge is 2.24. The minimum atomic E-state index is -0.213. The van der Waals surface area contributed by atoms with Crippen molar-refractivity contribution >= 4 is 0 Å². The number of likely N-dealkylation sites (tertiary alicyclic amines) is 1. The van der Waals surface area contributed by atoms with Gasteiger partial charge in [0, 0.05) is 12.6 Å². The number of hydrogen-bond donors (Lipinski definition) is 1. The van der Waals surface area contributed by atoms with Gasteiger partial charge < -0.3 is 10.0 Å². The third-order valence-corrected chi connectivity index (χ3v) is 3.55. The van der Waals surface area contributed by atoms with Crippen LogP contribution in [-0.4, -0.2) is 60.8 Å². The standard InChI is InChI=1S/C12H26N2O/c1-10(11(2)15)14-7-5-12(6-8-14)9-13(3)4/h10-12,15H,5-9H2,1-4H3. The maximum Gasteiger partial charge on any atom is 0.0664 e. The van der Waals surface area contributed by atoms with E-state index in [0.717, 1.165) is 19.0 Å². The molecule has 2 atom stereocenters. The van der Waals surface area contributed by atoms with Gasteiger partial charge in [-0.1, -0.05) is 0 Å². The van der Waals surface area contributed by atoms with E-state index < -0.39 is 0 Å². The van der Waals surface area contributed by atoms with E-state index in [1.165, 1.54) is 19.4 Å². The Morgan fingerprint density at radius 2 is 1.80 bits per heavy atom. The lowest BCUT2D eigenvalue weighted by molar-refractivity contribution is 0.0450. The molecule has 0 aromatic heterocycles. The van der Waals surface area contributed by atoms with Crippen LogP contribution in [0.4, 0.5) is 0 Å². The molecular weight excluding hydrogens is 188 g/mol. The minimum absolute atomic E-state index is 0.213. The molecule has 0 saturated carbocycles. The first-order chi connectivity index (χ1) is 7.00. The van der Waals surface area contributed by atoms with E-state index in [4.69, 9.17) is 0 Å². The molecule has 0 spiro atoms. The highest BCUT2D eigenvalue weighted by molar-refractivity contribution is 4.79. The van der Waals surface area contributed by atoms with Crippen LogP contribution in [0.3, 0.4) is 0 Å². The number of aliphatic hydroxyl groups excluding tert-OH is 1. The predicted octanol–water partition coefficient (Wildman–Crippen LogP) is 1.03. The second-order valence-corrected chi connectivity index (χ2v) is 5.22. The number of piperidine rings is 1. The lowest BCUT2D eigenvalue weighted by Gasteiger charge is -2.37. The van der Waals surface area contributed by atoms with Gasteiger partial charge in [0.05, 0.1) is 6.10 Å². The van der Waals surface area contributed by atoms with Gasteiger partial charge in [0.1, 0.15) is 0 Å². The van der Waals surface area contributed by atoms with Crippen LogP contribution >= 0.6 is 0 Å². The SMILES string of the molecule is CC(O)C(C)N1CCC(CN(C)C)CC1. The van der Waals surface area contributed by atoms with Gasteiger partial charge in [0.15, 0.2) is 0 Å². The number of aliphatic hydroxyl groups is 1. The Morgan fingerprint density at radius 1 is 1.27 bits per heavy atom. The van der Waals surface area contributed by atoms with Crippen molar-refractivity contribution in [2.45, 2.75) is 38.8 Å². The normalized spacial score (nSPS) is 24.4. The van der Waals surface area contributed by atoms with Gasteiger partial charge in [-0.05, 0) is 59.8 Å². The molecular formula is C12H26N2O. The third-order valence-electron chi connectivity index (χ3n) is 3.55. The fourth-order valence-corrected chi connectivity index (χ4v) is 2.36. The summed E-state index contributed by atoms with van der Waals surface area (Å²) in [6.07, 6.45) is 2.33. The molecule has 1 heterocycles. The van der Waals surface area contributed by atoms with Gasteiger partial charge in [0.2, 0.25) is 0 Å². The molecule has 2 unspecified atom stereocenters. The topological polar surface area (TPSA) is 26.7 Å². The number of nitrogens with zero attached hydrogens (tertiary/aromatic N) is 2. The van der Waals surface area contributed by atoms with Crippen LogP contribution in [0.2, 0.25) is 0 Å². The molecule has 1 N–H and O–H groups in total. The summed E-state index contributed by atoms with van der Waals surface area (Å²) in [6.45, 7) is 7.50. The van der Waals surface area contributed by atoms with Crippen molar-refractivity contribution in [1.82, 2.24) is 9.80 Å². The number of hydrogen-bond acceptors (Lipinski definition) is 3. The average Bonchev–Trinajstić information content (AvgIpc) is 2.17. The molecule has 1 rings (SSSR count). The maximum atomic E-state index is 9.53. The van der Waals surface area contributed by atoms with Crippen LogP contribution in [-0.2, 0) is 0 Å². The monoisotopic (exact) mass is 214 g/mol. The minimum Gasteiger partial charge on any atom is -0.392 e. The van der Waals surface area contributed by atoms with Crippen molar-refractivity contribution in [3.05, 3.63) is 0 Å². The Labute approximate surface area is 94.1 Å². The second kappa shape index (κ2) is 5.83. The van der Waals surface area contributed by atoms with E-state index in [-0.39, 0.29) is 6.10 Å². The van der Waals surface area contributed by atoms with E-state index in [9.17, 15) is 5.11 Å². The Hall–Kier alpha value is -0.120. The zero-order valence-corrected chi connectivity index (χ0v) is 10.6. The summed E-state index contributed by atoms with van der Waals surface area (Å²) in [5.41, 5.74) is 0. The molecule has 3 nitrogen and oxygen atoms in total. The summed E-state index contributed by atoms with van der Waals surface area (Å²) in [6, 6.07) is 0.310. The van der Waals surface area contributed by atoms with E-state index in [1.54, 1.807) is 0 Å². The van der Waals surface area contributed by atoms with E-state index in [0.29, 0.717) is 6.04 Å². The maximum absolute atomic E-state index is 9.53. The van der Waals surface area contributed by atoms with Crippen LogP contribution in [0.25, 0.3) is 0 Å². The van der Waals surface area contributed by atoms with Gasteiger partial charge in [-0.25, -0.2) is 0 Å². The summed E-state index contributed by atoms with van der Waals surface area (Å²) in [7, 11) is 4.29. The van der Waals surface area contributed by atoms with Crippen LogP contribution in [0.5, 0.6) is 0 Å². The smallest absolute Gasteiger partial charge is 0.0664 e. The fraction of sp³-hybridized carbons (Fsp3) is 1.00. The molecule has 15 heavy (non-hydrogen) atoms. The van der Waals surface area contributed by atoms with Crippen LogP contribution < -0.4 is 0 Å². The third kappa shape index (κ3) is 4.09. The zero-order chi connectivity index (χ0) is 11.4. The molecule has 1 saturated heterocycles. The van der Waals surface area contributed by atoms with E-state index in [1.807, 2.05) is 6.92 Å². The van der Waals surface area contributed by atoms with Gasteiger partial charge in [-0.3, -0.25) is 4.90 Å². The Kier molecular flexibility index (Phi) is 5.03. The molecule has 90 valence electrons. The molecule has 0 aromatic rings. The van der Waals surface area contributed by atoms with Crippen LogP contribution in [0.15, 0.2) is 0 Å². The average molecular weight is 214 g/mol. The molecule has 1 fully saturated rings. The lowest BCUT2D eigenvalue weighted by atomic mass is 9.95. The highest BCUT2D eigenvalue weighted by atomic mass is 16.3. The van der Waals surface area contributed by atoms with Crippen molar-refractivity contribution in [3.63, 3.8) is 0 Å². The second-order valence-electron chi connectivity index (χ2n) is 5.22. The molecule has 0 bridgehead atoms. The Balaban J connectivity index is 2.29. The first-order valence-electron chi connectivity index (χ1n) is 6.07. The Bertz CT molecular complexity index is 174. The summed E-state index contributed by atoms with van der Waals surface area (Å²) >= 11 is 0. The summed E-state index contributed by atoms with van der Waals surface area (Å²) < 4.78 is 0. The first kappa shape index (κ1) is 12.9. The van der Waals surface area contributed by atoms with E-state index in [2.05, 4.69) is 30.8 Å². The van der Waals surface area contributed by atoms with Crippen LogP contribution in [0.1, 0.15) is 26.7 Å². The summed E-state index contributed by atoms with van der Waals surface area (Å²) in [5.74, 6) is 0.845. The molecule has 0 amide bonds. The summed E-state index contributed by atoms with van der Waals surface area (Å²) in [5, 5.41) is 9.53. The largest absolute Gasteiger partial charge is 0.392 e. The van der Waals surface area contributed by atoms with Gasteiger partial charge >= 0.3 is 0 Å². The summed E-state index contributed by atoms with van der Waals surface area (Å²) in [4.78, 5) is 4.69. The number of rotatable bonds is 4. The fourth-order valence-electron chi connectivity index (χ4n) is 2.36. The zero-order valence-electron chi connectivity index (χ0n) is 10.6. The predicted molar refractivity (Wildman–Crippen MR) is 64.0 cm³/mol. The van der Waals surface area contributed by atoms with Crippen molar-refractivity contribution in [1.29, 1.82) is 0 Å². The van der Waals surface area contributed by atoms with Crippen molar-refractivity contribution in [2.24, 2.45) is 5.92 Å². The quantitative estimate of drug-likeness (QED) is 0.757. The van der Waals surface area contributed by atoms with Crippen LogP contribution in [0, 0.1) is 5.92 Å². The van der Waals surface area contributed by atoms with Gasteiger partial charge in [0.25, 0.3) is 0 Å². The molecule has 0 radical (unpaired) electrons. The molecule has 1 aliphatic heterocycles. The van der Waals surface area contributed by atoms with Crippen molar-refractivity contribution < 1.29 is 5.11 Å². The molecule has 3 heteroatoms. The van der Waals surface area contributed by atoms with Crippen molar-refractivity contribution in [3.8, 4) is 0 Å². The molecule has 0 aliphatic carbocycles. The van der Waals surface area contributed by atoms with Gasteiger partial charge in [-0.15, -0.1) is 0 Å². The Morgan fingerprint density at radius 3 is 2.20 bits per heavy atom.